The van der Waals surface area contributed by atoms with Crippen LogP contribution in [0.3, 0.4) is 0 Å². The number of benzene rings is 2. The minimum atomic E-state index is -0.377. The second-order valence-electron chi connectivity index (χ2n) is 6.75. The average molecular weight is 340 g/mol. The molecule has 132 valence electrons. The van der Waals surface area contributed by atoms with Crippen molar-refractivity contribution < 1.29 is 15.0 Å². The van der Waals surface area contributed by atoms with Crippen LogP contribution < -0.4 is 5.32 Å². The van der Waals surface area contributed by atoms with Crippen LogP contribution in [0.4, 0.5) is 0 Å². The van der Waals surface area contributed by atoms with Crippen molar-refractivity contribution in [3.05, 3.63) is 64.2 Å². The van der Waals surface area contributed by atoms with Gasteiger partial charge in [-0.15, -0.1) is 0 Å². The summed E-state index contributed by atoms with van der Waals surface area (Å²) in [5.41, 5.74) is 4.96. The number of aryl methyl sites for hydroxylation is 1. The Kier molecular flexibility index (Phi) is 5.06. The molecule has 1 aliphatic rings. The molecule has 3 N–H and O–H groups in total. The molecule has 0 radical (unpaired) electrons. The first kappa shape index (κ1) is 17.5. The van der Waals surface area contributed by atoms with Crippen LogP contribution in [0.5, 0.6) is 5.75 Å². The highest BCUT2D eigenvalue weighted by Gasteiger charge is 2.29. The lowest BCUT2D eigenvalue weighted by Crippen LogP contribution is -2.24. The van der Waals surface area contributed by atoms with E-state index in [2.05, 4.69) is 11.4 Å². The second kappa shape index (κ2) is 7.25. The van der Waals surface area contributed by atoms with Crippen molar-refractivity contribution in [3.8, 4) is 5.75 Å². The Morgan fingerprint density at radius 1 is 1.20 bits per heavy atom. The summed E-state index contributed by atoms with van der Waals surface area (Å²) in [6.45, 7) is 6.07. The molecule has 0 aliphatic carbocycles. The van der Waals surface area contributed by atoms with Crippen molar-refractivity contribution in [2.45, 2.75) is 39.6 Å². The van der Waals surface area contributed by atoms with Crippen molar-refractivity contribution >= 4 is 5.91 Å². The molecule has 3 rings (SSSR count). The third-order valence-corrected chi connectivity index (χ3v) is 4.42. The number of phenolic OH excluding ortho intramolecular Hbond substituents is 1. The van der Waals surface area contributed by atoms with E-state index >= 15 is 0 Å². The van der Waals surface area contributed by atoms with Gasteiger partial charge in [-0.1, -0.05) is 24.3 Å². The van der Waals surface area contributed by atoms with Gasteiger partial charge in [0.25, 0.3) is 5.91 Å². The molecule has 5 nitrogen and oxygen atoms in total. The Labute approximate surface area is 147 Å². The summed E-state index contributed by atoms with van der Waals surface area (Å²) in [6, 6.07) is 11.1. The first-order valence-corrected chi connectivity index (χ1v) is 8.52. The standard InChI is InChI=1S/C20H24N2O3/c1-13-7-16(10-21-9-14(2)23)8-17-12-22(20(25)19(13)17)11-15-3-5-18(24)6-4-15/h3-8,14,21,23-24H,9-12H2,1-2H3. The monoisotopic (exact) mass is 340 g/mol. The van der Waals surface area contributed by atoms with Gasteiger partial charge in [0.2, 0.25) is 0 Å². The van der Waals surface area contributed by atoms with Crippen LogP contribution >= 0.6 is 0 Å². The van der Waals surface area contributed by atoms with E-state index in [1.165, 1.54) is 0 Å². The summed E-state index contributed by atoms with van der Waals surface area (Å²) >= 11 is 0. The van der Waals surface area contributed by atoms with E-state index in [0.29, 0.717) is 26.2 Å². The Morgan fingerprint density at radius 2 is 1.92 bits per heavy atom. The predicted octanol–water partition coefficient (Wildman–Crippen LogP) is 2.33. The third kappa shape index (κ3) is 4.00. The maximum Gasteiger partial charge on any atom is 0.255 e. The Hall–Kier alpha value is -2.37. The largest absolute Gasteiger partial charge is 0.508 e. The molecule has 1 heterocycles. The number of nitrogens with zero attached hydrogens (tertiary/aromatic N) is 1. The number of hydrogen-bond acceptors (Lipinski definition) is 4. The van der Waals surface area contributed by atoms with E-state index in [9.17, 15) is 15.0 Å². The van der Waals surface area contributed by atoms with Crippen molar-refractivity contribution in [2.24, 2.45) is 0 Å². The van der Waals surface area contributed by atoms with Gasteiger partial charge in [0.05, 0.1) is 6.10 Å². The average Bonchev–Trinajstić information content (AvgIpc) is 2.85. The van der Waals surface area contributed by atoms with Gasteiger partial charge in [-0.05, 0) is 48.2 Å². The number of aromatic hydroxyl groups is 1. The van der Waals surface area contributed by atoms with Crippen LogP contribution in [0.15, 0.2) is 36.4 Å². The fraction of sp³-hybridized carbons (Fsp3) is 0.350. The molecule has 0 fully saturated rings. The lowest BCUT2D eigenvalue weighted by molar-refractivity contribution is 0.0766. The Balaban J connectivity index is 1.73. The number of hydrogen-bond donors (Lipinski definition) is 3. The second-order valence-corrected chi connectivity index (χ2v) is 6.75. The fourth-order valence-electron chi connectivity index (χ4n) is 3.28. The molecule has 1 aliphatic heterocycles. The molecule has 25 heavy (non-hydrogen) atoms. The summed E-state index contributed by atoms with van der Waals surface area (Å²) in [5.74, 6) is 0.286. The molecule has 0 spiro atoms. The minimum absolute atomic E-state index is 0.0593. The van der Waals surface area contributed by atoms with Gasteiger partial charge < -0.3 is 20.4 Å². The summed E-state index contributed by atoms with van der Waals surface area (Å²) < 4.78 is 0. The lowest BCUT2D eigenvalue weighted by Gasteiger charge is -2.15. The van der Waals surface area contributed by atoms with Crippen LogP contribution in [0.2, 0.25) is 0 Å². The van der Waals surface area contributed by atoms with Crippen molar-refractivity contribution in [1.82, 2.24) is 10.2 Å². The van der Waals surface area contributed by atoms with Gasteiger partial charge in [-0.2, -0.15) is 0 Å². The highest BCUT2D eigenvalue weighted by Crippen LogP contribution is 2.28. The summed E-state index contributed by atoms with van der Waals surface area (Å²) in [7, 11) is 0. The van der Waals surface area contributed by atoms with Crippen LogP contribution in [0.25, 0.3) is 0 Å². The molecule has 1 amide bonds. The number of amides is 1. The quantitative estimate of drug-likeness (QED) is 0.755. The molecule has 1 atom stereocenters. The van der Waals surface area contributed by atoms with Gasteiger partial charge in [-0.25, -0.2) is 0 Å². The number of rotatable bonds is 6. The van der Waals surface area contributed by atoms with Crippen molar-refractivity contribution in [2.75, 3.05) is 6.54 Å². The van der Waals surface area contributed by atoms with Crippen LogP contribution in [0, 0.1) is 6.92 Å². The Morgan fingerprint density at radius 3 is 2.60 bits per heavy atom. The van der Waals surface area contributed by atoms with Crippen LogP contribution in [-0.2, 0) is 19.6 Å². The normalized spacial score (nSPS) is 14.7. The zero-order chi connectivity index (χ0) is 18.0. The van der Waals surface area contributed by atoms with Crippen molar-refractivity contribution in [1.29, 1.82) is 0 Å². The topological polar surface area (TPSA) is 72.8 Å². The highest BCUT2D eigenvalue weighted by molar-refractivity contribution is 5.99. The maximum atomic E-state index is 12.7. The van der Waals surface area contributed by atoms with E-state index in [-0.39, 0.29) is 17.8 Å². The number of carbonyl (C=O) groups is 1. The zero-order valence-corrected chi connectivity index (χ0v) is 14.6. The molecule has 5 heteroatoms. The lowest BCUT2D eigenvalue weighted by atomic mass is 10.0. The first-order chi connectivity index (χ1) is 11.9. The first-order valence-electron chi connectivity index (χ1n) is 8.52. The number of fused-ring (bicyclic) bond motifs is 1. The van der Waals surface area contributed by atoms with Crippen LogP contribution in [0.1, 0.15) is 39.5 Å². The predicted molar refractivity (Wildman–Crippen MR) is 96.3 cm³/mol. The molecule has 2 aromatic carbocycles. The molecule has 0 bridgehead atoms. The van der Waals surface area contributed by atoms with Gasteiger partial charge in [0.1, 0.15) is 5.75 Å². The Bertz CT molecular complexity index is 769. The smallest absolute Gasteiger partial charge is 0.255 e. The van der Waals surface area contributed by atoms with E-state index in [1.54, 1.807) is 19.1 Å². The highest BCUT2D eigenvalue weighted by atomic mass is 16.3. The summed E-state index contributed by atoms with van der Waals surface area (Å²) in [6.07, 6.45) is -0.377. The number of aliphatic hydroxyl groups excluding tert-OH is 1. The number of nitrogens with one attached hydrogen (secondary N) is 1. The molecule has 0 aromatic heterocycles. The van der Waals surface area contributed by atoms with E-state index in [1.807, 2.05) is 30.0 Å². The third-order valence-electron chi connectivity index (χ3n) is 4.42. The van der Waals surface area contributed by atoms with Gasteiger partial charge in [0.15, 0.2) is 0 Å². The molecule has 0 saturated carbocycles. The fourth-order valence-corrected chi connectivity index (χ4v) is 3.28. The number of phenols is 1. The molecule has 2 aromatic rings. The number of carbonyl (C=O) groups excluding carboxylic acids is 1. The van der Waals surface area contributed by atoms with E-state index in [4.69, 9.17) is 0 Å². The molecule has 1 unspecified atom stereocenters. The molecular weight excluding hydrogens is 316 g/mol. The zero-order valence-electron chi connectivity index (χ0n) is 14.6. The number of aliphatic hydroxyl groups is 1. The van der Waals surface area contributed by atoms with Gasteiger partial charge in [-0.3, -0.25) is 4.79 Å². The molecular formula is C20H24N2O3. The maximum absolute atomic E-state index is 12.7. The van der Waals surface area contributed by atoms with E-state index in [0.717, 1.165) is 27.8 Å². The summed E-state index contributed by atoms with van der Waals surface area (Å²) in [5, 5.41) is 21.9. The van der Waals surface area contributed by atoms with E-state index < -0.39 is 0 Å². The minimum Gasteiger partial charge on any atom is -0.508 e. The van der Waals surface area contributed by atoms with Gasteiger partial charge in [0, 0.05) is 31.7 Å². The molecule has 0 saturated heterocycles. The SMILES string of the molecule is Cc1cc(CNCC(C)O)cc2c1C(=O)N(Cc1ccc(O)cc1)C2. The summed E-state index contributed by atoms with van der Waals surface area (Å²) in [4.78, 5) is 14.6. The van der Waals surface area contributed by atoms with Crippen molar-refractivity contribution in [3.63, 3.8) is 0 Å². The van der Waals surface area contributed by atoms with Crippen LogP contribution in [-0.4, -0.2) is 33.7 Å². The van der Waals surface area contributed by atoms with Gasteiger partial charge >= 0.3 is 0 Å².